The van der Waals surface area contributed by atoms with Crippen LogP contribution in [0.15, 0.2) is 48.5 Å². The first-order chi connectivity index (χ1) is 11.7. The van der Waals surface area contributed by atoms with Crippen LogP contribution in [0.3, 0.4) is 0 Å². The van der Waals surface area contributed by atoms with Crippen LogP contribution in [0.25, 0.3) is 21.8 Å². The SMILES string of the molecule is CCn1c2ccccc2c2cc(Nc3cc(C)nc(Cl)n3)ccc21. The minimum atomic E-state index is 0.251. The number of anilines is 2. The van der Waals surface area contributed by atoms with E-state index in [2.05, 4.69) is 69.2 Å². The topological polar surface area (TPSA) is 42.7 Å². The summed E-state index contributed by atoms with van der Waals surface area (Å²) in [5.74, 6) is 0.700. The average molecular weight is 337 g/mol. The molecule has 0 radical (unpaired) electrons. The third kappa shape index (κ3) is 2.49. The first kappa shape index (κ1) is 15.0. The van der Waals surface area contributed by atoms with Crippen LogP contribution in [0, 0.1) is 6.92 Å². The fourth-order valence-corrected chi connectivity index (χ4v) is 3.44. The van der Waals surface area contributed by atoms with Gasteiger partial charge in [0.15, 0.2) is 0 Å². The fraction of sp³-hybridized carbons (Fsp3) is 0.158. The third-order valence-corrected chi connectivity index (χ3v) is 4.36. The van der Waals surface area contributed by atoms with Gasteiger partial charge in [-0.05, 0) is 49.7 Å². The van der Waals surface area contributed by atoms with E-state index >= 15 is 0 Å². The molecule has 2 heterocycles. The van der Waals surface area contributed by atoms with E-state index in [1.807, 2.05) is 13.0 Å². The van der Waals surface area contributed by atoms with Crippen LogP contribution in [0.2, 0.25) is 5.28 Å². The van der Waals surface area contributed by atoms with Crippen molar-refractivity contribution >= 4 is 44.9 Å². The van der Waals surface area contributed by atoms with Gasteiger partial charge in [0.2, 0.25) is 5.28 Å². The summed E-state index contributed by atoms with van der Waals surface area (Å²) in [6, 6.07) is 16.8. The van der Waals surface area contributed by atoms with Crippen molar-refractivity contribution in [1.82, 2.24) is 14.5 Å². The molecule has 24 heavy (non-hydrogen) atoms. The molecule has 1 N–H and O–H groups in total. The first-order valence-corrected chi connectivity index (χ1v) is 8.32. The summed E-state index contributed by atoms with van der Waals surface area (Å²) in [5.41, 5.74) is 4.31. The van der Waals surface area contributed by atoms with E-state index in [-0.39, 0.29) is 5.28 Å². The van der Waals surface area contributed by atoms with Crippen LogP contribution in [-0.2, 0) is 6.54 Å². The van der Waals surface area contributed by atoms with Crippen LogP contribution in [0.1, 0.15) is 12.6 Å². The van der Waals surface area contributed by atoms with Crippen molar-refractivity contribution in [2.24, 2.45) is 0 Å². The Morgan fingerprint density at radius 1 is 1.00 bits per heavy atom. The third-order valence-electron chi connectivity index (χ3n) is 4.19. The highest BCUT2D eigenvalue weighted by molar-refractivity contribution is 6.28. The van der Waals surface area contributed by atoms with Gasteiger partial charge in [0.1, 0.15) is 5.82 Å². The standard InChI is InChI=1S/C19H17ClN4/c1-3-24-16-7-5-4-6-14(16)15-11-13(8-9-17(15)24)22-18-10-12(2)21-19(20)23-18/h4-11H,3H2,1-2H3,(H,21,22,23). The summed E-state index contributed by atoms with van der Waals surface area (Å²) in [6.45, 7) is 5.01. The number of aromatic nitrogens is 3. The van der Waals surface area contributed by atoms with Crippen LogP contribution >= 0.6 is 11.6 Å². The highest BCUT2D eigenvalue weighted by Gasteiger charge is 2.10. The summed E-state index contributed by atoms with van der Waals surface area (Å²) < 4.78 is 2.33. The summed E-state index contributed by atoms with van der Waals surface area (Å²) in [7, 11) is 0. The molecule has 120 valence electrons. The minimum absolute atomic E-state index is 0.251. The molecule has 0 saturated carbocycles. The van der Waals surface area contributed by atoms with Crippen molar-refractivity contribution in [3.63, 3.8) is 0 Å². The summed E-state index contributed by atoms with van der Waals surface area (Å²) in [4.78, 5) is 8.32. The first-order valence-electron chi connectivity index (χ1n) is 7.95. The quantitative estimate of drug-likeness (QED) is 0.515. The lowest BCUT2D eigenvalue weighted by molar-refractivity contribution is 0.827. The lowest BCUT2D eigenvalue weighted by Gasteiger charge is -2.08. The zero-order valence-corrected chi connectivity index (χ0v) is 14.3. The number of nitrogens with zero attached hydrogens (tertiary/aromatic N) is 3. The Morgan fingerprint density at radius 2 is 1.79 bits per heavy atom. The van der Waals surface area contributed by atoms with Gasteiger partial charge in [-0.15, -0.1) is 0 Å². The van der Waals surface area contributed by atoms with Crippen LogP contribution in [0.5, 0.6) is 0 Å². The van der Waals surface area contributed by atoms with Crippen molar-refractivity contribution in [1.29, 1.82) is 0 Å². The second kappa shape index (κ2) is 5.80. The number of para-hydroxylation sites is 1. The molecular formula is C19H17ClN4. The molecule has 2 aromatic carbocycles. The van der Waals surface area contributed by atoms with E-state index in [4.69, 9.17) is 11.6 Å². The monoisotopic (exact) mass is 336 g/mol. The Kier molecular flexibility index (Phi) is 3.62. The zero-order valence-electron chi connectivity index (χ0n) is 13.5. The molecule has 5 heteroatoms. The van der Waals surface area contributed by atoms with Crippen LogP contribution < -0.4 is 5.32 Å². The molecule has 0 amide bonds. The predicted octanol–water partition coefficient (Wildman–Crippen LogP) is 5.31. The summed E-state index contributed by atoms with van der Waals surface area (Å²) in [5, 5.41) is 6.07. The van der Waals surface area contributed by atoms with Gasteiger partial charge in [-0.3, -0.25) is 0 Å². The number of hydrogen-bond acceptors (Lipinski definition) is 3. The summed E-state index contributed by atoms with van der Waals surface area (Å²) >= 11 is 5.95. The van der Waals surface area contributed by atoms with Crippen molar-refractivity contribution in [2.45, 2.75) is 20.4 Å². The van der Waals surface area contributed by atoms with Crippen molar-refractivity contribution in [3.8, 4) is 0 Å². The lowest BCUT2D eigenvalue weighted by Crippen LogP contribution is -1.97. The molecule has 0 atom stereocenters. The normalized spacial score (nSPS) is 11.3. The highest BCUT2D eigenvalue weighted by atomic mass is 35.5. The maximum atomic E-state index is 5.95. The van der Waals surface area contributed by atoms with Crippen LogP contribution in [0.4, 0.5) is 11.5 Å². The van der Waals surface area contributed by atoms with Gasteiger partial charge in [0.25, 0.3) is 0 Å². The van der Waals surface area contributed by atoms with Gasteiger partial charge in [0.05, 0.1) is 0 Å². The molecule has 4 rings (SSSR count). The zero-order chi connectivity index (χ0) is 16.7. The highest BCUT2D eigenvalue weighted by Crippen LogP contribution is 2.31. The summed E-state index contributed by atoms with van der Waals surface area (Å²) in [6.07, 6.45) is 0. The second-order valence-electron chi connectivity index (χ2n) is 5.78. The molecule has 0 aliphatic rings. The number of benzene rings is 2. The molecule has 0 unspecified atom stereocenters. The van der Waals surface area contributed by atoms with Crippen molar-refractivity contribution in [3.05, 3.63) is 59.5 Å². The Labute approximate surface area is 145 Å². The smallest absolute Gasteiger partial charge is 0.224 e. The van der Waals surface area contributed by atoms with E-state index in [0.29, 0.717) is 5.82 Å². The Morgan fingerprint density at radius 3 is 2.58 bits per heavy atom. The van der Waals surface area contributed by atoms with E-state index in [9.17, 15) is 0 Å². The maximum Gasteiger partial charge on any atom is 0.224 e. The molecule has 4 aromatic rings. The van der Waals surface area contributed by atoms with E-state index in [0.717, 1.165) is 17.9 Å². The largest absolute Gasteiger partial charge is 0.341 e. The second-order valence-corrected chi connectivity index (χ2v) is 6.12. The number of halogens is 1. The van der Waals surface area contributed by atoms with Crippen LogP contribution in [-0.4, -0.2) is 14.5 Å². The molecule has 0 bridgehead atoms. The van der Waals surface area contributed by atoms with Gasteiger partial charge in [-0.25, -0.2) is 9.97 Å². The number of nitrogens with one attached hydrogen (secondary N) is 1. The molecule has 0 aliphatic carbocycles. The number of fused-ring (bicyclic) bond motifs is 3. The van der Waals surface area contributed by atoms with E-state index in [1.165, 1.54) is 21.8 Å². The van der Waals surface area contributed by atoms with Gasteiger partial charge >= 0.3 is 0 Å². The molecular weight excluding hydrogens is 320 g/mol. The van der Waals surface area contributed by atoms with E-state index < -0.39 is 0 Å². The minimum Gasteiger partial charge on any atom is -0.341 e. The Hall–Kier alpha value is -2.59. The van der Waals surface area contributed by atoms with Crippen molar-refractivity contribution in [2.75, 3.05) is 5.32 Å². The molecule has 0 aliphatic heterocycles. The molecule has 0 fully saturated rings. The molecule has 4 nitrogen and oxygen atoms in total. The fourth-order valence-electron chi connectivity index (χ4n) is 3.22. The number of aryl methyl sites for hydroxylation is 2. The van der Waals surface area contributed by atoms with Crippen molar-refractivity contribution < 1.29 is 0 Å². The maximum absolute atomic E-state index is 5.95. The number of rotatable bonds is 3. The van der Waals surface area contributed by atoms with Gasteiger partial charge in [0, 0.05) is 45.8 Å². The predicted molar refractivity (Wildman–Crippen MR) is 100 cm³/mol. The lowest BCUT2D eigenvalue weighted by atomic mass is 10.1. The molecule has 0 saturated heterocycles. The molecule has 0 spiro atoms. The van der Waals surface area contributed by atoms with E-state index in [1.54, 1.807) is 0 Å². The van der Waals surface area contributed by atoms with Gasteiger partial charge in [-0.1, -0.05) is 18.2 Å². The van der Waals surface area contributed by atoms with Gasteiger partial charge in [-0.2, -0.15) is 0 Å². The number of hydrogen-bond donors (Lipinski definition) is 1. The van der Waals surface area contributed by atoms with Gasteiger partial charge < -0.3 is 9.88 Å². The average Bonchev–Trinajstić information content (AvgIpc) is 2.87. The Bertz CT molecular complexity index is 1030. The molecule has 2 aromatic heterocycles. The Balaban J connectivity index is 1.85.